The van der Waals surface area contributed by atoms with E-state index in [1.54, 1.807) is 0 Å². The molecule has 0 heterocycles. The number of benzene rings is 2. The Hall–Kier alpha value is -2.00. The van der Waals surface area contributed by atoms with Crippen LogP contribution in [0.2, 0.25) is 0 Å². The van der Waals surface area contributed by atoms with Crippen LogP contribution in [0.3, 0.4) is 0 Å². The Kier molecular flexibility index (Phi) is 5.64. The number of aryl methyl sites for hydroxylation is 2. The molecule has 0 fully saturated rings. The first-order chi connectivity index (χ1) is 10.2. The second-order valence-corrected chi connectivity index (χ2v) is 5.08. The molecule has 21 heavy (non-hydrogen) atoms. The van der Waals surface area contributed by atoms with Crippen LogP contribution in [0.15, 0.2) is 42.5 Å². The maximum Gasteiger partial charge on any atom is 0.125 e. The second kappa shape index (κ2) is 7.70. The lowest BCUT2D eigenvalue weighted by atomic mass is 10.1. The number of para-hydroxylation sites is 1. The van der Waals surface area contributed by atoms with Crippen LogP contribution >= 0.6 is 0 Å². The van der Waals surface area contributed by atoms with Crippen LogP contribution in [0.4, 0.5) is 0 Å². The highest BCUT2D eigenvalue weighted by Crippen LogP contribution is 2.25. The molecule has 0 aliphatic rings. The zero-order valence-corrected chi connectivity index (χ0v) is 12.6. The van der Waals surface area contributed by atoms with Gasteiger partial charge in [-0.2, -0.15) is 0 Å². The van der Waals surface area contributed by atoms with Crippen LogP contribution in [0.1, 0.15) is 23.1 Å². The SMILES string of the molecule is Cc1cc(CO)cc(C)c1OCCCOc1ccccc1. The van der Waals surface area contributed by atoms with Crippen LogP contribution in [-0.4, -0.2) is 18.3 Å². The molecule has 2 rings (SSSR count). The Bertz CT molecular complexity index is 541. The highest BCUT2D eigenvalue weighted by atomic mass is 16.5. The first-order valence-electron chi connectivity index (χ1n) is 7.22. The van der Waals surface area contributed by atoms with Crippen molar-refractivity contribution >= 4 is 0 Å². The van der Waals surface area contributed by atoms with E-state index in [0.717, 1.165) is 34.6 Å². The minimum absolute atomic E-state index is 0.0624. The van der Waals surface area contributed by atoms with Crippen LogP contribution in [0, 0.1) is 13.8 Å². The van der Waals surface area contributed by atoms with Crippen molar-refractivity contribution in [1.82, 2.24) is 0 Å². The van der Waals surface area contributed by atoms with E-state index in [2.05, 4.69) is 0 Å². The van der Waals surface area contributed by atoms with E-state index < -0.39 is 0 Å². The average molecular weight is 286 g/mol. The third-order valence-electron chi connectivity index (χ3n) is 3.25. The van der Waals surface area contributed by atoms with Crippen molar-refractivity contribution in [3.63, 3.8) is 0 Å². The maximum atomic E-state index is 9.17. The van der Waals surface area contributed by atoms with Crippen molar-refractivity contribution in [2.24, 2.45) is 0 Å². The summed E-state index contributed by atoms with van der Waals surface area (Å²) in [6, 6.07) is 13.7. The smallest absolute Gasteiger partial charge is 0.125 e. The average Bonchev–Trinajstić information content (AvgIpc) is 2.50. The molecule has 3 heteroatoms. The lowest BCUT2D eigenvalue weighted by Crippen LogP contribution is -2.06. The number of aliphatic hydroxyl groups excluding tert-OH is 1. The van der Waals surface area contributed by atoms with Crippen molar-refractivity contribution < 1.29 is 14.6 Å². The van der Waals surface area contributed by atoms with Gasteiger partial charge in [-0.15, -0.1) is 0 Å². The third kappa shape index (κ3) is 4.50. The molecule has 0 saturated carbocycles. The van der Waals surface area contributed by atoms with Gasteiger partial charge in [0, 0.05) is 6.42 Å². The van der Waals surface area contributed by atoms with Gasteiger partial charge in [0.2, 0.25) is 0 Å². The Morgan fingerprint density at radius 3 is 2.14 bits per heavy atom. The molecule has 0 radical (unpaired) electrons. The topological polar surface area (TPSA) is 38.7 Å². The molecular weight excluding hydrogens is 264 g/mol. The molecule has 1 N–H and O–H groups in total. The Labute approximate surface area is 126 Å². The normalized spacial score (nSPS) is 10.4. The standard InChI is InChI=1S/C18H22O3/c1-14-11-16(13-19)12-15(2)18(14)21-10-6-9-20-17-7-4-3-5-8-17/h3-5,7-8,11-12,19H,6,9-10,13H2,1-2H3. The highest BCUT2D eigenvalue weighted by molar-refractivity contribution is 5.43. The van der Waals surface area contributed by atoms with Crippen molar-refractivity contribution in [2.75, 3.05) is 13.2 Å². The first-order valence-corrected chi connectivity index (χ1v) is 7.22. The molecule has 0 aromatic heterocycles. The Balaban J connectivity index is 1.79. The summed E-state index contributed by atoms with van der Waals surface area (Å²) in [7, 11) is 0. The summed E-state index contributed by atoms with van der Waals surface area (Å²) in [5.41, 5.74) is 3.04. The Morgan fingerprint density at radius 2 is 1.52 bits per heavy atom. The fraction of sp³-hybridized carbons (Fsp3) is 0.333. The van der Waals surface area contributed by atoms with E-state index in [9.17, 15) is 5.11 Å². The van der Waals surface area contributed by atoms with Crippen molar-refractivity contribution in [3.8, 4) is 11.5 Å². The molecule has 0 spiro atoms. The predicted octanol–water partition coefficient (Wildman–Crippen LogP) is 3.64. The quantitative estimate of drug-likeness (QED) is 0.790. The summed E-state index contributed by atoms with van der Waals surface area (Å²) >= 11 is 0. The predicted molar refractivity (Wildman–Crippen MR) is 83.9 cm³/mol. The van der Waals surface area contributed by atoms with E-state index in [4.69, 9.17) is 9.47 Å². The van der Waals surface area contributed by atoms with Gasteiger partial charge >= 0.3 is 0 Å². The third-order valence-corrected chi connectivity index (χ3v) is 3.25. The largest absolute Gasteiger partial charge is 0.493 e. The summed E-state index contributed by atoms with van der Waals surface area (Å²) in [4.78, 5) is 0. The monoisotopic (exact) mass is 286 g/mol. The molecular formula is C18H22O3. The molecule has 0 aliphatic heterocycles. The van der Waals surface area contributed by atoms with Gasteiger partial charge in [-0.3, -0.25) is 0 Å². The summed E-state index contributed by atoms with van der Waals surface area (Å²) in [6.45, 7) is 5.32. The van der Waals surface area contributed by atoms with Crippen LogP contribution in [0.25, 0.3) is 0 Å². The molecule has 0 amide bonds. The van der Waals surface area contributed by atoms with Gasteiger partial charge in [0.05, 0.1) is 19.8 Å². The van der Waals surface area contributed by atoms with Gasteiger partial charge in [-0.1, -0.05) is 30.3 Å². The van der Waals surface area contributed by atoms with Crippen molar-refractivity contribution in [1.29, 1.82) is 0 Å². The van der Waals surface area contributed by atoms with Gasteiger partial charge in [0.25, 0.3) is 0 Å². The zero-order valence-electron chi connectivity index (χ0n) is 12.6. The van der Waals surface area contributed by atoms with Gasteiger partial charge < -0.3 is 14.6 Å². The summed E-state index contributed by atoms with van der Waals surface area (Å²) in [6.07, 6.45) is 0.829. The summed E-state index contributed by atoms with van der Waals surface area (Å²) in [5.74, 6) is 1.80. The molecule has 0 aliphatic carbocycles. The van der Waals surface area contributed by atoms with Gasteiger partial charge in [0.15, 0.2) is 0 Å². The Morgan fingerprint density at radius 1 is 0.905 bits per heavy atom. The number of aliphatic hydroxyl groups is 1. The van der Waals surface area contributed by atoms with Crippen molar-refractivity contribution in [2.45, 2.75) is 26.9 Å². The van der Waals surface area contributed by atoms with Crippen LogP contribution in [0.5, 0.6) is 11.5 Å². The fourth-order valence-corrected chi connectivity index (χ4v) is 2.30. The number of hydrogen-bond donors (Lipinski definition) is 1. The maximum absolute atomic E-state index is 9.17. The van der Waals surface area contributed by atoms with E-state index in [-0.39, 0.29) is 6.61 Å². The lowest BCUT2D eigenvalue weighted by Gasteiger charge is -2.13. The molecule has 3 nitrogen and oxygen atoms in total. The van der Waals surface area contributed by atoms with Gasteiger partial charge in [-0.25, -0.2) is 0 Å². The van der Waals surface area contributed by atoms with E-state index in [1.807, 2.05) is 56.3 Å². The minimum atomic E-state index is 0.0624. The van der Waals surface area contributed by atoms with Gasteiger partial charge in [0.1, 0.15) is 11.5 Å². The van der Waals surface area contributed by atoms with Gasteiger partial charge in [-0.05, 0) is 42.7 Å². The van der Waals surface area contributed by atoms with E-state index in [0.29, 0.717) is 13.2 Å². The molecule has 2 aromatic carbocycles. The molecule has 2 aromatic rings. The zero-order chi connectivity index (χ0) is 15.1. The molecule has 0 atom stereocenters. The van der Waals surface area contributed by atoms with E-state index in [1.165, 1.54) is 0 Å². The number of rotatable bonds is 7. The molecule has 0 unspecified atom stereocenters. The number of hydrogen-bond acceptors (Lipinski definition) is 3. The van der Waals surface area contributed by atoms with Crippen LogP contribution < -0.4 is 9.47 Å². The van der Waals surface area contributed by atoms with Crippen LogP contribution in [-0.2, 0) is 6.61 Å². The fourth-order valence-electron chi connectivity index (χ4n) is 2.30. The second-order valence-electron chi connectivity index (χ2n) is 5.08. The first kappa shape index (κ1) is 15.4. The van der Waals surface area contributed by atoms with Crippen molar-refractivity contribution in [3.05, 3.63) is 59.2 Å². The number of ether oxygens (including phenoxy) is 2. The lowest BCUT2D eigenvalue weighted by molar-refractivity contribution is 0.245. The molecule has 112 valence electrons. The highest BCUT2D eigenvalue weighted by Gasteiger charge is 2.06. The molecule has 0 saturated heterocycles. The van der Waals surface area contributed by atoms with E-state index >= 15 is 0 Å². The summed E-state index contributed by atoms with van der Waals surface area (Å²) in [5, 5.41) is 9.17. The summed E-state index contributed by atoms with van der Waals surface area (Å²) < 4.78 is 11.5. The minimum Gasteiger partial charge on any atom is -0.493 e. The molecule has 0 bridgehead atoms.